The maximum Gasteiger partial charge on any atom is 0.234 e. The Kier molecular flexibility index (Phi) is 1.81. The van der Waals surface area contributed by atoms with Gasteiger partial charge in [0, 0.05) is 10.9 Å². The van der Waals surface area contributed by atoms with Gasteiger partial charge in [0.1, 0.15) is 5.82 Å². The van der Waals surface area contributed by atoms with Gasteiger partial charge in [0.05, 0.1) is 0 Å². The number of fused-ring (bicyclic) bond motifs is 1. The maximum absolute atomic E-state index is 13.2. The third-order valence-electron chi connectivity index (χ3n) is 1.98. The third-order valence-corrected chi connectivity index (χ3v) is 1.98. The quantitative estimate of drug-likeness (QED) is 0.647. The fraction of sp³-hybridized carbons (Fsp3) is 0. The second-order valence-corrected chi connectivity index (χ2v) is 2.74. The van der Waals surface area contributed by atoms with E-state index in [0.717, 1.165) is 0 Å². The Labute approximate surface area is 74.8 Å². The van der Waals surface area contributed by atoms with E-state index >= 15 is 0 Å². The summed E-state index contributed by atoms with van der Waals surface area (Å²) in [6.07, 6.45) is 1.78. The second-order valence-electron chi connectivity index (χ2n) is 2.74. The maximum atomic E-state index is 13.2. The van der Waals surface area contributed by atoms with Crippen molar-refractivity contribution >= 4 is 17.1 Å². The Morgan fingerprint density at radius 3 is 2.46 bits per heavy atom. The van der Waals surface area contributed by atoms with Gasteiger partial charge in [-0.15, -0.1) is 0 Å². The van der Waals surface area contributed by atoms with E-state index in [4.69, 9.17) is 0 Å². The monoisotopic (exact) mass is 173 g/mol. The molecule has 13 heavy (non-hydrogen) atoms. The fourth-order valence-electron chi connectivity index (χ4n) is 1.36. The molecule has 0 spiro atoms. The average molecular weight is 173 g/mol. The Morgan fingerprint density at radius 2 is 1.69 bits per heavy atom. The zero-order valence-corrected chi connectivity index (χ0v) is 6.75. The van der Waals surface area contributed by atoms with Crippen molar-refractivity contribution in [3.63, 3.8) is 0 Å². The molecule has 1 nitrogen and oxygen atoms in total. The van der Waals surface area contributed by atoms with E-state index in [1.165, 1.54) is 6.07 Å². The molecule has 0 aliphatic rings. The molecule has 2 heteroatoms. The molecule has 0 saturated carbocycles. The van der Waals surface area contributed by atoms with E-state index in [9.17, 15) is 9.18 Å². The molecule has 0 N–H and O–H groups in total. The summed E-state index contributed by atoms with van der Waals surface area (Å²) in [6, 6.07) is 9.57. The van der Waals surface area contributed by atoms with Gasteiger partial charge in [0.2, 0.25) is 6.29 Å². The Hall–Kier alpha value is -1.70. The molecule has 0 saturated heterocycles. The lowest BCUT2D eigenvalue weighted by atomic mass is 10.1. The average Bonchev–Trinajstić information content (AvgIpc) is 2.18. The van der Waals surface area contributed by atoms with E-state index in [2.05, 4.69) is 0 Å². The van der Waals surface area contributed by atoms with Crippen LogP contribution in [0.1, 0.15) is 5.56 Å². The van der Waals surface area contributed by atoms with Crippen LogP contribution >= 0.6 is 0 Å². The predicted octanol–water partition coefficient (Wildman–Crippen LogP) is 2.44. The van der Waals surface area contributed by atoms with Crippen molar-refractivity contribution in [3.05, 3.63) is 47.8 Å². The highest BCUT2D eigenvalue weighted by molar-refractivity contribution is 5.98. The Morgan fingerprint density at radius 1 is 1.00 bits per heavy atom. The summed E-state index contributed by atoms with van der Waals surface area (Å²) in [6.45, 7) is 0. The normalized spacial score (nSPS) is 10.2. The number of rotatable bonds is 1. The van der Waals surface area contributed by atoms with Crippen LogP contribution in [0.5, 0.6) is 0 Å². The molecule has 0 amide bonds. The number of halogens is 1. The molecule has 2 aromatic carbocycles. The number of hydrogen-bond acceptors (Lipinski definition) is 1. The van der Waals surface area contributed by atoms with Crippen LogP contribution in [-0.2, 0) is 4.79 Å². The van der Waals surface area contributed by atoms with Crippen molar-refractivity contribution in [1.82, 2.24) is 0 Å². The predicted molar refractivity (Wildman–Crippen MR) is 48.7 cm³/mol. The van der Waals surface area contributed by atoms with Gasteiger partial charge in [0.15, 0.2) is 0 Å². The largest absolute Gasteiger partial charge is 0.285 e. The highest BCUT2D eigenvalue weighted by Gasteiger charge is 2.02. The van der Waals surface area contributed by atoms with E-state index < -0.39 is 0 Å². The molecular formula is C11H6FO. The zero-order valence-electron chi connectivity index (χ0n) is 6.75. The van der Waals surface area contributed by atoms with Crippen LogP contribution in [-0.4, -0.2) is 6.29 Å². The summed E-state index contributed by atoms with van der Waals surface area (Å²) in [4.78, 5) is 10.5. The number of benzene rings is 2. The highest BCUT2D eigenvalue weighted by Crippen LogP contribution is 2.19. The van der Waals surface area contributed by atoms with Crippen molar-refractivity contribution in [2.45, 2.75) is 0 Å². The Bertz CT molecular complexity index is 463. The molecule has 0 fully saturated rings. The van der Waals surface area contributed by atoms with E-state index in [1.807, 2.05) is 0 Å². The molecule has 2 aromatic rings. The van der Waals surface area contributed by atoms with Crippen LogP contribution in [0.2, 0.25) is 0 Å². The molecule has 1 radical (unpaired) electrons. The van der Waals surface area contributed by atoms with Crippen molar-refractivity contribution < 1.29 is 9.18 Å². The Balaban J connectivity index is 2.92. The summed E-state index contributed by atoms with van der Waals surface area (Å²) in [5.41, 5.74) is 0.400. The van der Waals surface area contributed by atoms with Crippen LogP contribution in [0.25, 0.3) is 10.8 Å². The fourth-order valence-corrected chi connectivity index (χ4v) is 1.36. The SMILES string of the molecule is O=[C]c1cccc2c(F)cccc12. The molecule has 0 atom stereocenters. The third kappa shape index (κ3) is 1.20. The minimum atomic E-state index is -0.311. The topological polar surface area (TPSA) is 17.1 Å². The van der Waals surface area contributed by atoms with Gasteiger partial charge in [0.25, 0.3) is 0 Å². The van der Waals surface area contributed by atoms with Gasteiger partial charge in [-0.25, -0.2) is 4.39 Å². The van der Waals surface area contributed by atoms with Crippen molar-refractivity contribution in [2.24, 2.45) is 0 Å². The first-order valence-corrected chi connectivity index (χ1v) is 3.88. The van der Waals surface area contributed by atoms with Crippen molar-refractivity contribution in [1.29, 1.82) is 0 Å². The van der Waals surface area contributed by atoms with E-state index in [-0.39, 0.29) is 5.82 Å². The summed E-state index contributed by atoms with van der Waals surface area (Å²) >= 11 is 0. The van der Waals surface area contributed by atoms with Gasteiger partial charge in [-0.2, -0.15) is 0 Å². The number of carbonyl (C=O) groups excluding carboxylic acids is 1. The molecule has 2 rings (SSSR count). The number of hydrogen-bond donors (Lipinski definition) is 0. The van der Waals surface area contributed by atoms with E-state index in [1.54, 1.807) is 36.6 Å². The van der Waals surface area contributed by atoms with Gasteiger partial charge in [-0.3, -0.25) is 4.79 Å². The molecule has 0 aliphatic carbocycles. The minimum Gasteiger partial charge on any atom is -0.285 e. The zero-order chi connectivity index (χ0) is 9.26. The molecule has 0 heterocycles. The first kappa shape index (κ1) is 7.92. The minimum absolute atomic E-state index is 0.311. The first-order valence-electron chi connectivity index (χ1n) is 3.88. The van der Waals surface area contributed by atoms with Gasteiger partial charge in [-0.05, 0) is 11.5 Å². The van der Waals surface area contributed by atoms with E-state index in [0.29, 0.717) is 16.3 Å². The first-order chi connectivity index (χ1) is 6.33. The van der Waals surface area contributed by atoms with Gasteiger partial charge < -0.3 is 0 Å². The lowest BCUT2D eigenvalue weighted by molar-refractivity contribution is 0.563. The van der Waals surface area contributed by atoms with Gasteiger partial charge in [-0.1, -0.05) is 30.3 Å². The standard InChI is InChI=1S/C11H6FO/c12-11-6-2-4-9-8(7-13)3-1-5-10(9)11/h1-6H. The summed E-state index contributed by atoms with van der Waals surface area (Å²) in [5.74, 6) is -0.311. The van der Waals surface area contributed by atoms with Crippen molar-refractivity contribution in [2.75, 3.05) is 0 Å². The van der Waals surface area contributed by atoms with Crippen LogP contribution in [0.4, 0.5) is 4.39 Å². The van der Waals surface area contributed by atoms with Crippen LogP contribution in [0, 0.1) is 5.82 Å². The lowest BCUT2D eigenvalue weighted by Crippen LogP contribution is -1.85. The summed E-state index contributed by atoms with van der Waals surface area (Å²) in [7, 11) is 0. The van der Waals surface area contributed by atoms with Crippen LogP contribution in [0.3, 0.4) is 0 Å². The lowest BCUT2D eigenvalue weighted by Gasteiger charge is -1.99. The van der Waals surface area contributed by atoms with Crippen molar-refractivity contribution in [3.8, 4) is 0 Å². The highest BCUT2D eigenvalue weighted by atomic mass is 19.1. The smallest absolute Gasteiger partial charge is 0.234 e. The van der Waals surface area contributed by atoms with Gasteiger partial charge >= 0.3 is 0 Å². The molecule has 0 aromatic heterocycles. The summed E-state index contributed by atoms with van der Waals surface area (Å²) in [5, 5.41) is 1.07. The molecule has 63 valence electrons. The summed E-state index contributed by atoms with van der Waals surface area (Å²) < 4.78 is 13.2. The molecule has 0 unspecified atom stereocenters. The van der Waals surface area contributed by atoms with Crippen LogP contribution in [0.15, 0.2) is 36.4 Å². The van der Waals surface area contributed by atoms with Crippen LogP contribution < -0.4 is 0 Å². The second kappa shape index (κ2) is 2.98. The molecular weight excluding hydrogens is 167 g/mol. The molecule has 0 aliphatic heterocycles. The molecule has 0 bridgehead atoms.